The molecule has 0 atom stereocenters. The highest BCUT2D eigenvalue weighted by Crippen LogP contribution is 2.03. The molecule has 0 fully saturated rings. The van der Waals surface area contributed by atoms with Gasteiger partial charge in [0.15, 0.2) is 0 Å². The molecule has 0 aliphatic heterocycles. The molecule has 0 amide bonds. The Hall–Kier alpha value is -1.89. The quantitative estimate of drug-likeness (QED) is 0.599. The monoisotopic (exact) mass is 202 g/mol. The SMILES string of the molecule is C/C=C/CCNc1nc(C)cc(C#N)n1. The van der Waals surface area contributed by atoms with E-state index in [1.807, 2.05) is 26.0 Å². The number of nitrogens with zero attached hydrogens (tertiary/aromatic N) is 3. The smallest absolute Gasteiger partial charge is 0.224 e. The van der Waals surface area contributed by atoms with E-state index in [4.69, 9.17) is 5.26 Å². The fourth-order valence-electron chi connectivity index (χ4n) is 1.14. The minimum Gasteiger partial charge on any atom is -0.354 e. The van der Waals surface area contributed by atoms with Gasteiger partial charge in [0.25, 0.3) is 0 Å². The van der Waals surface area contributed by atoms with Crippen LogP contribution in [0.5, 0.6) is 0 Å². The summed E-state index contributed by atoms with van der Waals surface area (Å²) in [4.78, 5) is 8.22. The second-order valence-electron chi connectivity index (χ2n) is 3.11. The number of nitrogens with one attached hydrogen (secondary N) is 1. The number of anilines is 1. The average Bonchev–Trinajstić information content (AvgIpc) is 2.23. The van der Waals surface area contributed by atoms with Gasteiger partial charge in [-0.2, -0.15) is 5.26 Å². The van der Waals surface area contributed by atoms with Crippen molar-refractivity contribution in [3.8, 4) is 6.07 Å². The van der Waals surface area contributed by atoms with Gasteiger partial charge in [0.1, 0.15) is 11.8 Å². The summed E-state index contributed by atoms with van der Waals surface area (Å²) < 4.78 is 0. The van der Waals surface area contributed by atoms with Crippen molar-refractivity contribution in [1.82, 2.24) is 9.97 Å². The summed E-state index contributed by atoms with van der Waals surface area (Å²) in [5, 5.41) is 11.8. The Morgan fingerprint density at radius 3 is 3.00 bits per heavy atom. The molecule has 4 nitrogen and oxygen atoms in total. The summed E-state index contributed by atoms with van der Waals surface area (Å²) in [6.45, 7) is 4.61. The normalized spacial score (nSPS) is 10.2. The van der Waals surface area contributed by atoms with Gasteiger partial charge in [-0.3, -0.25) is 0 Å². The largest absolute Gasteiger partial charge is 0.354 e. The summed E-state index contributed by atoms with van der Waals surface area (Å²) in [6, 6.07) is 3.67. The lowest BCUT2D eigenvalue weighted by Crippen LogP contribution is -2.06. The predicted octanol–water partition coefficient (Wildman–Crippen LogP) is 2.03. The predicted molar refractivity (Wildman–Crippen MR) is 59.4 cm³/mol. The molecule has 0 aliphatic carbocycles. The number of aromatic nitrogens is 2. The van der Waals surface area contributed by atoms with Gasteiger partial charge in [-0.1, -0.05) is 12.2 Å². The molecule has 0 saturated heterocycles. The number of rotatable bonds is 4. The lowest BCUT2D eigenvalue weighted by Gasteiger charge is -2.03. The van der Waals surface area contributed by atoms with E-state index < -0.39 is 0 Å². The van der Waals surface area contributed by atoms with Crippen molar-refractivity contribution >= 4 is 5.95 Å². The number of nitriles is 1. The van der Waals surface area contributed by atoms with Crippen LogP contribution in [0.15, 0.2) is 18.2 Å². The van der Waals surface area contributed by atoms with Crippen LogP contribution in [0.1, 0.15) is 24.7 Å². The Balaban J connectivity index is 2.61. The van der Waals surface area contributed by atoms with Crippen LogP contribution in [0.2, 0.25) is 0 Å². The molecule has 0 unspecified atom stereocenters. The molecule has 1 rings (SSSR count). The molecule has 1 N–H and O–H groups in total. The van der Waals surface area contributed by atoms with Crippen LogP contribution in [0.3, 0.4) is 0 Å². The first kappa shape index (κ1) is 11.2. The van der Waals surface area contributed by atoms with Crippen LogP contribution >= 0.6 is 0 Å². The van der Waals surface area contributed by atoms with Crippen LogP contribution in [0, 0.1) is 18.3 Å². The first-order chi connectivity index (χ1) is 7.26. The average molecular weight is 202 g/mol. The maximum Gasteiger partial charge on any atom is 0.224 e. The molecule has 78 valence electrons. The van der Waals surface area contributed by atoms with Gasteiger partial charge < -0.3 is 5.32 Å². The standard InChI is InChI=1S/C11H14N4/c1-3-4-5-6-13-11-14-9(2)7-10(8-12)15-11/h3-4,7H,5-6H2,1-2H3,(H,13,14,15)/b4-3+. The molecule has 0 bridgehead atoms. The maximum atomic E-state index is 8.72. The Bertz CT molecular complexity index is 390. The van der Waals surface area contributed by atoms with E-state index in [-0.39, 0.29) is 0 Å². The summed E-state index contributed by atoms with van der Waals surface area (Å²) in [7, 11) is 0. The van der Waals surface area contributed by atoms with E-state index in [2.05, 4.69) is 21.4 Å². The Kier molecular flexibility index (Phi) is 4.30. The van der Waals surface area contributed by atoms with Gasteiger partial charge in [-0.05, 0) is 26.3 Å². The van der Waals surface area contributed by atoms with Gasteiger partial charge in [0.2, 0.25) is 5.95 Å². The molecule has 15 heavy (non-hydrogen) atoms. The van der Waals surface area contributed by atoms with Gasteiger partial charge >= 0.3 is 0 Å². The van der Waals surface area contributed by atoms with E-state index in [1.165, 1.54) is 0 Å². The third-order valence-corrected chi connectivity index (χ3v) is 1.80. The second-order valence-corrected chi connectivity index (χ2v) is 3.11. The van der Waals surface area contributed by atoms with Gasteiger partial charge in [0.05, 0.1) is 0 Å². The Morgan fingerprint density at radius 2 is 2.33 bits per heavy atom. The second kappa shape index (κ2) is 5.76. The van der Waals surface area contributed by atoms with E-state index in [9.17, 15) is 0 Å². The van der Waals surface area contributed by atoms with Crippen molar-refractivity contribution in [2.75, 3.05) is 11.9 Å². The molecule has 0 aliphatic rings. The summed E-state index contributed by atoms with van der Waals surface area (Å²) >= 11 is 0. The van der Waals surface area contributed by atoms with Crippen molar-refractivity contribution in [3.05, 3.63) is 29.6 Å². The zero-order valence-electron chi connectivity index (χ0n) is 8.99. The zero-order chi connectivity index (χ0) is 11.1. The number of aryl methyl sites for hydroxylation is 1. The number of allylic oxidation sites excluding steroid dienone is 1. The molecule has 1 heterocycles. The number of hydrogen-bond donors (Lipinski definition) is 1. The van der Waals surface area contributed by atoms with Crippen molar-refractivity contribution in [2.24, 2.45) is 0 Å². The zero-order valence-corrected chi connectivity index (χ0v) is 8.99. The first-order valence-corrected chi connectivity index (χ1v) is 4.87. The molecular formula is C11H14N4. The van der Waals surface area contributed by atoms with Gasteiger partial charge in [0, 0.05) is 12.2 Å². The summed E-state index contributed by atoms with van der Waals surface area (Å²) in [5.41, 5.74) is 1.20. The van der Waals surface area contributed by atoms with Crippen molar-refractivity contribution in [1.29, 1.82) is 5.26 Å². The van der Waals surface area contributed by atoms with Crippen LogP contribution in [-0.2, 0) is 0 Å². The summed E-state index contributed by atoms with van der Waals surface area (Å²) in [6.07, 6.45) is 4.99. The third-order valence-electron chi connectivity index (χ3n) is 1.80. The highest BCUT2D eigenvalue weighted by molar-refractivity contribution is 5.32. The lowest BCUT2D eigenvalue weighted by molar-refractivity contribution is 0.993. The third kappa shape index (κ3) is 3.77. The van der Waals surface area contributed by atoms with Crippen LogP contribution in [-0.4, -0.2) is 16.5 Å². The van der Waals surface area contributed by atoms with Crippen molar-refractivity contribution in [3.63, 3.8) is 0 Å². The fourth-order valence-corrected chi connectivity index (χ4v) is 1.14. The molecule has 0 aromatic carbocycles. The molecule has 0 saturated carbocycles. The van der Waals surface area contributed by atoms with E-state index >= 15 is 0 Å². The molecule has 0 radical (unpaired) electrons. The fraction of sp³-hybridized carbons (Fsp3) is 0.364. The molecule has 1 aromatic heterocycles. The molecule has 4 heteroatoms. The Morgan fingerprint density at radius 1 is 1.53 bits per heavy atom. The number of hydrogen-bond acceptors (Lipinski definition) is 4. The Labute approximate surface area is 89.7 Å². The van der Waals surface area contributed by atoms with Crippen molar-refractivity contribution in [2.45, 2.75) is 20.3 Å². The van der Waals surface area contributed by atoms with E-state index in [0.29, 0.717) is 11.6 Å². The highest BCUT2D eigenvalue weighted by Gasteiger charge is 1.99. The van der Waals surface area contributed by atoms with Crippen LogP contribution < -0.4 is 5.32 Å². The first-order valence-electron chi connectivity index (χ1n) is 4.87. The molecular weight excluding hydrogens is 188 g/mol. The minimum absolute atomic E-state index is 0.399. The van der Waals surface area contributed by atoms with Crippen LogP contribution in [0.25, 0.3) is 0 Å². The van der Waals surface area contributed by atoms with Gasteiger partial charge in [-0.15, -0.1) is 0 Å². The molecule has 0 spiro atoms. The maximum absolute atomic E-state index is 8.72. The lowest BCUT2D eigenvalue weighted by atomic mass is 10.3. The summed E-state index contributed by atoms with van der Waals surface area (Å²) in [5.74, 6) is 0.524. The van der Waals surface area contributed by atoms with E-state index in [1.54, 1.807) is 6.07 Å². The van der Waals surface area contributed by atoms with Gasteiger partial charge in [-0.25, -0.2) is 9.97 Å². The van der Waals surface area contributed by atoms with Crippen molar-refractivity contribution < 1.29 is 0 Å². The van der Waals surface area contributed by atoms with Crippen LogP contribution in [0.4, 0.5) is 5.95 Å². The molecule has 1 aromatic rings. The van der Waals surface area contributed by atoms with E-state index in [0.717, 1.165) is 18.7 Å². The minimum atomic E-state index is 0.399. The topological polar surface area (TPSA) is 61.6 Å². The highest BCUT2D eigenvalue weighted by atomic mass is 15.1.